The molecule has 0 saturated carbocycles. The molecule has 0 atom stereocenters. The SMILES string of the molecule is CCCCCCCCCCCCn1c(CCNC(=O)/C=C/c2ccccc2)nc2ccccc21. The maximum atomic E-state index is 12.2. The molecule has 3 rings (SSSR count). The first-order valence-electron chi connectivity index (χ1n) is 13.2. The summed E-state index contributed by atoms with van der Waals surface area (Å²) < 4.78 is 2.35. The average molecular weight is 460 g/mol. The highest BCUT2D eigenvalue weighted by Crippen LogP contribution is 2.18. The number of nitrogens with one attached hydrogen (secondary N) is 1. The Morgan fingerprint density at radius 2 is 1.50 bits per heavy atom. The van der Waals surface area contributed by atoms with E-state index in [1.807, 2.05) is 42.5 Å². The van der Waals surface area contributed by atoms with Crippen LogP contribution in [0.15, 0.2) is 60.7 Å². The third-order valence-corrected chi connectivity index (χ3v) is 6.34. The Bertz CT molecular complexity index is 1010. The van der Waals surface area contributed by atoms with E-state index < -0.39 is 0 Å². The zero-order chi connectivity index (χ0) is 23.8. The maximum Gasteiger partial charge on any atom is 0.244 e. The molecule has 4 heteroatoms. The van der Waals surface area contributed by atoms with Gasteiger partial charge >= 0.3 is 0 Å². The fraction of sp³-hybridized carbons (Fsp3) is 0.467. The lowest BCUT2D eigenvalue weighted by atomic mass is 10.1. The summed E-state index contributed by atoms with van der Waals surface area (Å²) in [4.78, 5) is 17.1. The predicted molar refractivity (Wildman–Crippen MR) is 144 cm³/mol. The van der Waals surface area contributed by atoms with Crippen LogP contribution in [0.3, 0.4) is 0 Å². The topological polar surface area (TPSA) is 46.9 Å². The number of aromatic nitrogens is 2. The average Bonchev–Trinajstić information content (AvgIpc) is 3.22. The van der Waals surface area contributed by atoms with Crippen molar-refractivity contribution in [3.8, 4) is 0 Å². The number of amides is 1. The summed E-state index contributed by atoms with van der Waals surface area (Å²) in [5.74, 6) is 0.991. The van der Waals surface area contributed by atoms with Crippen molar-refractivity contribution in [3.05, 3.63) is 72.1 Å². The molecule has 0 bridgehead atoms. The van der Waals surface area contributed by atoms with E-state index in [0.29, 0.717) is 6.54 Å². The number of imidazole rings is 1. The number of benzene rings is 2. The monoisotopic (exact) mass is 459 g/mol. The van der Waals surface area contributed by atoms with Crippen LogP contribution in [0.2, 0.25) is 0 Å². The highest BCUT2D eigenvalue weighted by Gasteiger charge is 2.10. The fourth-order valence-electron chi connectivity index (χ4n) is 4.42. The lowest BCUT2D eigenvalue weighted by Gasteiger charge is -2.10. The lowest BCUT2D eigenvalue weighted by molar-refractivity contribution is -0.116. The maximum absolute atomic E-state index is 12.2. The number of hydrogen-bond donors (Lipinski definition) is 1. The number of hydrogen-bond acceptors (Lipinski definition) is 2. The van der Waals surface area contributed by atoms with Gasteiger partial charge in [-0.25, -0.2) is 4.98 Å². The molecule has 0 unspecified atom stereocenters. The Labute approximate surface area is 205 Å². The second-order valence-electron chi connectivity index (χ2n) is 9.14. The molecule has 2 aromatic carbocycles. The smallest absolute Gasteiger partial charge is 0.244 e. The predicted octanol–water partition coefficient (Wildman–Crippen LogP) is 7.33. The number of unbranched alkanes of at least 4 members (excludes halogenated alkanes) is 9. The first kappa shape index (κ1) is 25.7. The van der Waals surface area contributed by atoms with Gasteiger partial charge in [0.25, 0.3) is 0 Å². The first-order chi connectivity index (χ1) is 16.8. The Morgan fingerprint density at radius 3 is 2.24 bits per heavy atom. The van der Waals surface area contributed by atoms with Crippen LogP contribution in [0.5, 0.6) is 0 Å². The summed E-state index contributed by atoms with van der Waals surface area (Å²) >= 11 is 0. The summed E-state index contributed by atoms with van der Waals surface area (Å²) in [5, 5.41) is 3.00. The fourth-order valence-corrected chi connectivity index (χ4v) is 4.42. The second kappa shape index (κ2) is 15.1. The molecule has 1 amide bonds. The van der Waals surface area contributed by atoms with Crippen LogP contribution in [0.1, 0.15) is 82.5 Å². The Balaban J connectivity index is 1.43. The summed E-state index contributed by atoms with van der Waals surface area (Å²) in [5.41, 5.74) is 3.26. The molecule has 0 fully saturated rings. The van der Waals surface area contributed by atoms with Crippen molar-refractivity contribution in [3.63, 3.8) is 0 Å². The van der Waals surface area contributed by atoms with Crippen molar-refractivity contribution in [1.29, 1.82) is 0 Å². The zero-order valence-corrected chi connectivity index (χ0v) is 20.8. The van der Waals surface area contributed by atoms with E-state index in [9.17, 15) is 4.79 Å². The number of aryl methyl sites for hydroxylation is 1. The van der Waals surface area contributed by atoms with Crippen molar-refractivity contribution in [1.82, 2.24) is 14.9 Å². The van der Waals surface area contributed by atoms with Crippen LogP contribution >= 0.6 is 0 Å². The molecular weight excluding hydrogens is 418 g/mol. The summed E-state index contributed by atoms with van der Waals surface area (Å²) in [6.07, 6.45) is 17.6. The van der Waals surface area contributed by atoms with E-state index in [0.717, 1.165) is 29.9 Å². The summed E-state index contributed by atoms with van der Waals surface area (Å²) in [6.45, 7) is 3.85. The molecule has 0 spiro atoms. The number of fused-ring (bicyclic) bond motifs is 1. The van der Waals surface area contributed by atoms with Gasteiger partial charge in [0.2, 0.25) is 5.91 Å². The highest BCUT2D eigenvalue weighted by atomic mass is 16.1. The van der Waals surface area contributed by atoms with Crippen LogP contribution in [0.4, 0.5) is 0 Å². The molecule has 0 aliphatic carbocycles. The molecule has 1 aromatic heterocycles. The molecule has 1 N–H and O–H groups in total. The van der Waals surface area contributed by atoms with E-state index >= 15 is 0 Å². The van der Waals surface area contributed by atoms with Gasteiger partial charge in [0.05, 0.1) is 11.0 Å². The standard InChI is InChI=1S/C30H41N3O/c1-2-3-4-5-6-7-8-9-10-16-25-33-28-20-15-14-19-27(28)32-29(33)23-24-31-30(34)22-21-26-17-12-11-13-18-26/h11-15,17-22H,2-10,16,23-25H2,1H3,(H,31,34)/b22-21+. The van der Waals surface area contributed by atoms with Crippen molar-refractivity contribution in [2.75, 3.05) is 6.54 Å². The first-order valence-corrected chi connectivity index (χ1v) is 13.2. The minimum Gasteiger partial charge on any atom is -0.352 e. The Morgan fingerprint density at radius 1 is 0.853 bits per heavy atom. The molecular formula is C30H41N3O. The van der Waals surface area contributed by atoms with E-state index in [1.54, 1.807) is 6.08 Å². The Kier molecular flexibility index (Phi) is 11.4. The van der Waals surface area contributed by atoms with Crippen LogP contribution in [-0.4, -0.2) is 22.0 Å². The van der Waals surface area contributed by atoms with E-state index in [4.69, 9.17) is 4.98 Å². The molecule has 0 aliphatic rings. The quantitative estimate of drug-likeness (QED) is 0.180. The molecule has 34 heavy (non-hydrogen) atoms. The van der Waals surface area contributed by atoms with Gasteiger partial charge in [-0.1, -0.05) is 107 Å². The summed E-state index contributed by atoms with van der Waals surface area (Å²) in [7, 11) is 0. The van der Waals surface area contributed by atoms with Gasteiger partial charge in [-0.3, -0.25) is 4.79 Å². The van der Waals surface area contributed by atoms with Crippen LogP contribution in [0.25, 0.3) is 17.1 Å². The lowest BCUT2D eigenvalue weighted by Crippen LogP contribution is -2.24. The van der Waals surface area contributed by atoms with Gasteiger partial charge in [0, 0.05) is 25.6 Å². The van der Waals surface area contributed by atoms with Crippen molar-refractivity contribution in [2.24, 2.45) is 0 Å². The van der Waals surface area contributed by atoms with Gasteiger partial charge in [-0.2, -0.15) is 0 Å². The molecule has 0 radical (unpaired) electrons. The van der Waals surface area contributed by atoms with Crippen molar-refractivity contribution < 1.29 is 4.79 Å². The number of carbonyl (C=O) groups excluding carboxylic acids is 1. The third kappa shape index (κ3) is 8.81. The second-order valence-corrected chi connectivity index (χ2v) is 9.14. The van der Waals surface area contributed by atoms with E-state index in [1.165, 1.54) is 69.7 Å². The van der Waals surface area contributed by atoms with Crippen LogP contribution in [-0.2, 0) is 17.8 Å². The third-order valence-electron chi connectivity index (χ3n) is 6.34. The van der Waals surface area contributed by atoms with E-state index in [2.05, 4.69) is 35.0 Å². The van der Waals surface area contributed by atoms with Crippen molar-refractivity contribution in [2.45, 2.75) is 84.1 Å². The Hall–Kier alpha value is -2.88. The highest BCUT2D eigenvalue weighted by molar-refractivity contribution is 5.91. The van der Waals surface area contributed by atoms with Crippen molar-refractivity contribution >= 4 is 23.0 Å². The minimum atomic E-state index is -0.0683. The molecule has 182 valence electrons. The molecule has 0 saturated heterocycles. The normalized spacial score (nSPS) is 11.4. The van der Waals surface area contributed by atoms with Gasteiger partial charge in [-0.05, 0) is 30.2 Å². The van der Waals surface area contributed by atoms with Crippen LogP contribution < -0.4 is 5.32 Å². The van der Waals surface area contributed by atoms with Gasteiger partial charge in [-0.15, -0.1) is 0 Å². The van der Waals surface area contributed by atoms with E-state index in [-0.39, 0.29) is 5.91 Å². The molecule has 0 aliphatic heterocycles. The van der Waals surface area contributed by atoms with Gasteiger partial charge < -0.3 is 9.88 Å². The van der Waals surface area contributed by atoms with Gasteiger partial charge in [0.1, 0.15) is 5.82 Å². The number of rotatable bonds is 16. The number of nitrogens with zero attached hydrogens (tertiary/aromatic N) is 2. The molecule has 3 aromatic rings. The zero-order valence-electron chi connectivity index (χ0n) is 20.8. The summed E-state index contributed by atoms with van der Waals surface area (Å²) in [6, 6.07) is 18.2. The largest absolute Gasteiger partial charge is 0.352 e. The number of carbonyl (C=O) groups is 1. The minimum absolute atomic E-state index is 0.0683. The van der Waals surface area contributed by atoms with Gasteiger partial charge in [0.15, 0.2) is 0 Å². The molecule has 4 nitrogen and oxygen atoms in total. The number of para-hydroxylation sites is 2. The van der Waals surface area contributed by atoms with Crippen LogP contribution in [0, 0.1) is 0 Å². The molecule has 1 heterocycles.